The molecule has 4 rings (SSSR count). The molecule has 8 nitrogen and oxygen atoms in total. The van der Waals surface area contributed by atoms with Crippen molar-refractivity contribution in [2.45, 2.75) is 32.2 Å². The Morgan fingerprint density at radius 1 is 1.38 bits per heavy atom. The molecule has 0 radical (unpaired) electrons. The number of imidazole rings is 1. The monoisotopic (exact) mass is 437 g/mol. The molecular weight excluding hydrogens is 413 g/mol. The molecule has 2 aliphatic rings. The Morgan fingerprint density at radius 3 is 2.75 bits per heavy atom. The molecule has 1 aromatic carbocycles. The maximum absolute atomic E-state index is 13.0. The lowest BCUT2D eigenvalue weighted by atomic mass is 10.2. The van der Waals surface area contributed by atoms with E-state index in [2.05, 4.69) is 28.4 Å². The second-order valence-corrected chi connectivity index (χ2v) is 7.75. The molecule has 3 amide bonds. The summed E-state index contributed by atoms with van der Waals surface area (Å²) in [6.07, 6.45) is 2.13. The Balaban J connectivity index is 1.45. The van der Waals surface area contributed by atoms with Crippen LogP contribution in [0.25, 0.3) is 5.70 Å². The lowest BCUT2D eigenvalue weighted by Crippen LogP contribution is -2.47. The van der Waals surface area contributed by atoms with Gasteiger partial charge in [0.15, 0.2) is 11.6 Å². The summed E-state index contributed by atoms with van der Waals surface area (Å²) < 4.78 is 18.1. The molecular formula is C23H24FN5O3. The van der Waals surface area contributed by atoms with Gasteiger partial charge in [-0.2, -0.15) is 0 Å². The molecule has 166 valence electrons. The van der Waals surface area contributed by atoms with E-state index in [0.29, 0.717) is 29.6 Å². The van der Waals surface area contributed by atoms with Crippen molar-refractivity contribution in [3.05, 3.63) is 48.2 Å². The largest absolute Gasteiger partial charge is 0.415 e. The number of aromatic amines is 1. The zero-order valence-corrected chi connectivity index (χ0v) is 18.0. The fraction of sp³-hybridized carbons (Fsp3) is 0.348. The van der Waals surface area contributed by atoms with Crippen molar-refractivity contribution in [1.29, 1.82) is 0 Å². The molecule has 0 unspecified atom stereocenters. The minimum Gasteiger partial charge on any atom is -0.410 e. The number of carbonyl (C=O) groups excluding carboxylic acids is 2. The van der Waals surface area contributed by atoms with E-state index in [1.165, 1.54) is 29.2 Å². The average molecular weight is 437 g/mol. The number of H-pyrrole nitrogens is 1. The van der Waals surface area contributed by atoms with Crippen molar-refractivity contribution in [3.63, 3.8) is 0 Å². The van der Waals surface area contributed by atoms with Gasteiger partial charge in [-0.15, -0.1) is 0 Å². The van der Waals surface area contributed by atoms with Gasteiger partial charge in [0.05, 0.1) is 12.2 Å². The molecule has 1 aliphatic carbocycles. The number of ether oxygens (including phenoxy) is 1. The van der Waals surface area contributed by atoms with Crippen LogP contribution in [0.1, 0.15) is 37.7 Å². The van der Waals surface area contributed by atoms with Crippen molar-refractivity contribution in [2.24, 2.45) is 0 Å². The molecule has 1 fully saturated rings. The van der Waals surface area contributed by atoms with Crippen LogP contribution >= 0.6 is 0 Å². The standard InChI is InChI=1S/C23H24FN5O3/c1-4-13-28-21-20(15(2)29(22(28)30)17-9-10-17)25-19(26-21)6-5-14-27(3)23(31)32-18-11-7-16(24)8-12-18/h7-8,11-12,17H,2,4,9-10,13-14H2,1,3H3,(H,25,26). The van der Waals surface area contributed by atoms with Gasteiger partial charge in [-0.1, -0.05) is 19.4 Å². The van der Waals surface area contributed by atoms with Crippen LogP contribution < -0.4 is 9.64 Å². The van der Waals surface area contributed by atoms with E-state index in [1.807, 2.05) is 6.92 Å². The molecule has 9 heteroatoms. The zero-order chi connectivity index (χ0) is 22.8. The average Bonchev–Trinajstić information content (AvgIpc) is 3.51. The number of aromatic nitrogens is 2. The van der Waals surface area contributed by atoms with Gasteiger partial charge in [-0.05, 0) is 49.4 Å². The Kier molecular flexibility index (Phi) is 5.86. The summed E-state index contributed by atoms with van der Waals surface area (Å²) in [5, 5.41) is 0. The first-order valence-electron chi connectivity index (χ1n) is 10.5. The number of nitrogens with zero attached hydrogens (tertiary/aromatic N) is 4. The minimum absolute atomic E-state index is 0.0954. The van der Waals surface area contributed by atoms with E-state index in [0.717, 1.165) is 19.3 Å². The van der Waals surface area contributed by atoms with Crippen molar-refractivity contribution in [2.75, 3.05) is 25.0 Å². The highest BCUT2D eigenvalue weighted by Crippen LogP contribution is 2.40. The summed E-state index contributed by atoms with van der Waals surface area (Å²) in [7, 11) is 1.55. The third-order valence-electron chi connectivity index (χ3n) is 5.17. The topological polar surface area (TPSA) is 81.8 Å². The lowest BCUT2D eigenvalue weighted by Gasteiger charge is -2.35. The Bertz CT molecular complexity index is 1110. The van der Waals surface area contributed by atoms with E-state index in [4.69, 9.17) is 4.74 Å². The maximum atomic E-state index is 13.0. The Morgan fingerprint density at radius 2 is 2.09 bits per heavy atom. The SMILES string of the molecule is C=C1c2[nH]c(C#CCN(C)C(=O)Oc3ccc(F)cc3)nc2N(CCC)C(=O)N1C1CC1. The fourth-order valence-corrected chi connectivity index (χ4v) is 3.40. The van der Waals surface area contributed by atoms with Gasteiger partial charge >= 0.3 is 12.1 Å². The second-order valence-electron chi connectivity index (χ2n) is 7.75. The highest BCUT2D eigenvalue weighted by molar-refractivity contribution is 6.03. The number of hydrogen-bond acceptors (Lipinski definition) is 4. The van der Waals surface area contributed by atoms with Crippen LogP contribution in [0.3, 0.4) is 0 Å². The number of rotatable bonds is 5. The van der Waals surface area contributed by atoms with Crippen molar-refractivity contribution >= 4 is 23.6 Å². The van der Waals surface area contributed by atoms with Crippen molar-refractivity contribution < 1.29 is 18.7 Å². The highest BCUT2D eigenvalue weighted by atomic mass is 19.1. The Labute approximate surface area is 185 Å². The molecule has 0 spiro atoms. The number of nitrogens with one attached hydrogen (secondary N) is 1. The van der Waals surface area contributed by atoms with Crippen molar-refractivity contribution in [3.8, 4) is 17.6 Å². The Hall–Kier alpha value is -3.80. The fourth-order valence-electron chi connectivity index (χ4n) is 3.40. The smallest absolute Gasteiger partial charge is 0.410 e. The first-order chi connectivity index (χ1) is 15.4. The molecule has 1 saturated carbocycles. The summed E-state index contributed by atoms with van der Waals surface area (Å²) in [5.41, 5.74) is 1.30. The number of anilines is 1. The van der Waals surface area contributed by atoms with Gasteiger partial charge in [0, 0.05) is 19.6 Å². The summed E-state index contributed by atoms with van der Waals surface area (Å²) in [5.74, 6) is 6.54. The molecule has 0 saturated heterocycles. The lowest BCUT2D eigenvalue weighted by molar-refractivity contribution is 0.168. The van der Waals surface area contributed by atoms with Crippen LogP contribution in [0.4, 0.5) is 19.8 Å². The molecule has 1 N–H and O–H groups in total. The predicted molar refractivity (Wildman–Crippen MR) is 117 cm³/mol. The summed E-state index contributed by atoms with van der Waals surface area (Å²) in [4.78, 5) is 37.5. The normalized spacial score (nSPS) is 15.2. The zero-order valence-electron chi connectivity index (χ0n) is 18.0. The molecule has 32 heavy (non-hydrogen) atoms. The van der Waals surface area contributed by atoms with Gasteiger partial charge in [-0.3, -0.25) is 14.7 Å². The quantitative estimate of drug-likeness (QED) is 0.721. The van der Waals surface area contributed by atoms with E-state index in [-0.39, 0.29) is 24.4 Å². The number of halogens is 1. The van der Waals surface area contributed by atoms with Crippen LogP contribution in [0, 0.1) is 17.7 Å². The number of urea groups is 1. The number of benzene rings is 1. The molecule has 0 bridgehead atoms. The van der Waals surface area contributed by atoms with Gasteiger partial charge in [-0.25, -0.2) is 19.0 Å². The molecule has 2 aromatic rings. The van der Waals surface area contributed by atoms with E-state index in [9.17, 15) is 14.0 Å². The first-order valence-corrected chi connectivity index (χ1v) is 10.5. The predicted octanol–water partition coefficient (Wildman–Crippen LogP) is 3.82. The van der Waals surface area contributed by atoms with Gasteiger partial charge in [0.25, 0.3) is 0 Å². The molecule has 1 aromatic heterocycles. The molecule has 2 heterocycles. The van der Waals surface area contributed by atoms with Crippen LogP contribution in [-0.2, 0) is 0 Å². The van der Waals surface area contributed by atoms with Crippen molar-refractivity contribution in [1.82, 2.24) is 19.8 Å². The first kappa shape index (κ1) is 21.4. The van der Waals surface area contributed by atoms with E-state index < -0.39 is 11.9 Å². The molecule has 1 aliphatic heterocycles. The van der Waals surface area contributed by atoms with Crippen LogP contribution in [0.15, 0.2) is 30.8 Å². The summed E-state index contributed by atoms with van der Waals surface area (Å²) >= 11 is 0. The maximum Gasteiger partial charge on any atom is 0.415 e. The van der Waals surface area contributed by atoms with Crippen LogP contribution in [0.5, 0.6) is 5.75 Å². The summed E-state index contributed by atoms with van der Waals surface area (Å²) in [6, 6.07) is 5.28. The number of fused-ring (bicyclic) bond motifs is 1. The summed E-state index contributed by atoms with van der Waals surface area (Å²) in [6.45, 7) is 6.75. The van der Waals surface area contributed by atoms with Gasteiger partial charge in [0.1, 0.15) is 17.3 Å². The number of carbonyl (C=O) groups is 2. The number of amides is 3. The molecule has 0 atom stereocenters. The van der Waals surface area contributed by atoms with E-state index in [1.54, 1.807) is 16.8 Å². The minimum atomic E-state index is -0.613. The van der Waals surface area contributed by atoms with Gasteiger partial charge in [0.2, 0.25) is 0 Å². The highest BCUT2D eigenvalue weighted by Gasteiger charge is 2.43. The number of hydrogen-bond donors (Lipinski definition) is 1. The second kappa shape index (κ2) is 8.75. The van der Waals surface area contributed by atoms with Crippen LogP contribution in [0.2, 0.25) is 0 Å². The van der Waals surface area contributed by atoms with Crippen LogP contribution in [-0.4, -0.2) is 58.1 Å². The van der Waals surface area contributed by atoms with Gasteiger partial charge < -0.3 is 9.72 Å². The third-order valence-corrected chi connectivity index (χ3v) is 5.17. The van der Waals surface area contributed by atoms with E-state index >= 15 is 0 Å². The third kappa shape index (κ3) is 4.30.